The van der Waals surface area contributed by atoms with Gasteiger partial charge < -0.3 is 48.3 Å². The zero-order valence-corrected chi connectivity index (χ0v) is 44.8. The van der Waals surface area contributed by atoms with Gasteiger partial charge in [-0.2, -0.15) is 0 Å². The van der Waals surface area contributed by atoms with Crippen molar-refractivity contribution in [1.29, 1.82) is 0 Å². The van der Waals surface area contributed by atoms with E-state index < -0.39 is 65.9 Å². The van der Waals surface area contributed by atoms with Crippen LogP contribution in [-0.2, 0) is 57.1 Å². The van der Waals surface area contributed by atoms with Gasteiger partial charge in [-0.1, -0.05) is 71.1 Å². The smallest absolute Gasteiger partial charge is 0.329 e. The number of amides is 1. The van der Waals surface area contributed by atoms with E-state index in [9.17, 15) is 34.2 Å². The molecule has 0 radical (unpaired) electrons. The molecule has 402 valence electrons. The molecule has 2 bridgehead atoms. The highest BCUT2D eigenvalue weighted by molar-refractivity contribution is 6.39. The number of hydrogen-bond donors (Lipinski definition) is 2. The van der Waals surface area contributed by atoms with E-state index in [4.69, 9.17) is 33.2 Å². The Balaban J connectivity index is 1.65. The van der Waals surface area contributed by atoms with Crippen molar-refractivity contribution in [1.82, 2.24) is 4.90 Å². The predicted molar refractivity (Wildman–Crippen MR) is 270 cm³/mol. The predicted octanol–water partition coefficient (Wildman–Crippen LogP) is 7.98. The van der Waals surface area contributed by atoms with Crippen molar-refractivity contribution in [2.75, 3.05) is 41.6 Å². The Morgan fingerprint density at radius 1 is 0.831 bits per heavy atom. The molecule has 3 fully saturated rings. The number of fused-ring (bicyclic) bond motifs is 3. The van der Waals surface area contributed by atoms with Gasteiger partial charge in [0.2, 0.25) is 5.79 Å². The summed E-state index contributed by atoms with van der Waals surface area (Å²) in [4.78, 5) is 70.9. The standard InChI is InChI=1S/C56H89NO14/c1-35-18-13-12-14-19-37(3)47(66-9)34-43-25-23-41(7)56(64,71-43)53(61)54(62)57-28-16-15-20-44(57)55(63)70-45(26-22-36(2)31-40(6)51(60)52(68-11)50(59)39(5)30-35)38(4)32-42-24-27-46(48(33-42)67-10)69-49(58)21-17-29-65-8/h12-14,18-19,31,35-36,38-39,41-48,51-52,60,64H,15-17,20-30,32-34H2,1-11H3/b14-12+,18-13+,37-19+,40-31+/t35-,36+,38-,39-,41-,42+,43+,44+,45+,46-,47+,48-,51-,52+,56-/m1/s1. The number of rotatable bonds is 11. The van der Waals surface area contributed by atoms with Gasteiger partial charge in [-0.3, -0.25) is 19.2 Å². The topological polar surface area (TPSA) is 194 Å². The van der Waals surface area contributed by atoms with E-state index in [1.165, 1.54) is 12.0 Å². The molecule has 3 heterocycles. The normalized spacial score (nSPS) is 37.9. The molecule has 1 amide bonds. The number of aliphatic hydroxyl groups is 2. The van der Waals surface area contributed by atoms with Gasteiger partial charge in [0.1, 0.15) is 30.5 Å². The van der Waals surface area contributed by atoms with Crippen LogP contribution in [0, 0.1) is 35.5 Å². The number of hydrogen-bond acceptors (Lipinski definition) is 14. The monoisotopic (exact) mass is 1000 g/mol. The Hall–Kier alpha value is -3.57. The molecule has 1 aliphatic carbocycles. The van der Waals surface area contributed by atoms with Crippen molar-refractivity contribution < 1.29 is 67.3 Å². The molecule has 4 rings (SSSR count). The highest BCUT2D eigenvalue weighted by atomic mass is 16.6. The molecular weight excluding hydrogens is 911 g/mol. The van der Waals surface area contributed by atoms with Crippen LogP contribution in [0.25, 0.3) is 0 Å². The lowest BCUT2D eigenvalue weighted by molar-refractivity contribution is -0.265. The molecule has 0 aromatic heterocycles. The molecule has 2 N–H and O–H groups in total. The van der Waals surface area contributed by atoms with Crippen LogP contribution in [0.5, 0.6) is 0 Å². The second-order valence-electron chi connectivity index (χ2n) is 21.2. The van der Waals surface area contributed by atoms with E-state index in [0.29, 0.717) is 95.7 Å². The Bertz CT molecular complexity index is 1860. The third-order valence-electron chi connectivity index (χ3n) is 15.5. The van der Waals surface area contributed by atoms with Crippen molar-refractivity contribution >= 4 is 29.4 Å². The maximum Gasteiger partial charge on any atom is 0.329 e. The summed E-state index contributed by atoms with van der Waals surface area (Å²) in [5.74, 6) is -6.62. The van der Waals surface area contributed by atoms with Crippen molar-refractivity contribution in [2.24, 2.45) is 35.5 Å². The first kappa shape index (κ1) is 60.0. The van der Waals surface area contributed by atoms with Crippen LogP contribution in [-0.4, -0.2) is 141 Å². The van der Waals surface area contributed by atoms with Gasteiger partial charge >= 0.3 is 11.9 Å². The molecule has 0 aromatic carbocycles. The van der Waals surface area contributed by atoms with Crippen LogP contribution in [0.1, 0.15) is 145 Å². The zero-order chi connectivity index (χ0) is 52.4. The van der Waals surface area contributed by atoms with Crippen LogP contribution < -0.4 is 0 Å². The van der Waals surface area contributed by atoms with Crippen LogP contribution in [0.2, 0.25) is 0 Å². The lowest BCUT2D eigenvalue weighted by Crippen LogP contribution is -2.61. The van der Waals surface area contributed by atoms with E-state index in [1.807, 2.05) is 64.2 Å². The lowest BCUT2D eigenvalue weighted by Gasteiger charge is -2.42. The number of aliphatic hydroxyl groups excluding tert-OH is 1. The summed E-state index contributed by atoms with van der Waals surface area (Å²) >= 11 is 0. The maximum atomic E-state index is 14.5. The van der Waals surface area contributed by atoms with Crippen molar-refractivity contribution in [2.45, 2.75) is 199 Å². The molecule has 71 heavy (non-hydrogen) atoms. The van der Waals surface area contributed by atoms with Gasteiger partial charge in [-0.05, 0) is 132 Å². The molecule has 15 atom stereocenters. The quantitative estimate of drug-likeness (QED) is 0.0876. The molecule has 0 spiro atoms. The minimum Gasteiger partial charge on any atom is -0.461 e. The van der Waals surface area contributed by atoms with Crippen LogP contribution >= 0.6 is 0 Å². The van der Waals surface area contributed by atoms with E-state index >= 15 is 0 Å². The van der Waals surface area contributed by atoms with Crippen molar-refractivity contribution in [3.63, 3.8) is 0 Å². The summed E-state index contributed by atoms with van der Waals surface area (Å²) in [7, 11) is 6.25. The number of allylic oxidation sites excluding steroid dienone is 6. The Labute approximate surface area is 424 Å². The molecule has 0 aromatic rings. The summed E-state index contributed by atoms with van der Waals surface area (Å²) < 4.78 is 41.0. The highest BCUT2D eigenvalue weighted by Crippen LogP contribution is 2.38. The summed E-state index contributed by atoms with van der Waals surface area (Å²) in [6.07, 6.45) is 15.1. The molecular formula is C56H89NO14. The second-order valence-corrected chi connectivity index (χ2v) is 21.2. The van der Waals surface area contributed by atoms with Crippen LogP contribution in [0.3, 0.4) is 0 Å². The number of esters is 2. The number of nitrogens with zero attached hydrogens (tertiary/aromatic N) is 1. The number of ether oxygens (including phenoxy) is 7. The third kappa shape index (κ3) is 17.3. The Morgan fingerprint density at radius 3 is 2.27 bits per heavy atom. The molecule has 3 aliphatic heterocycles. The first-order valence-corrected chi connectivity index (χ1v) is 26.4. The van der Waals surface area contributed by atoms with Gasteiger partial charge in [-0.15, -0.1) is 0 Å². The molecule has 15 nitrogen and oxygen atoms in total. The number of methoxy groups -OCH3 is 4. The minimum atomic E-state index is -2.40. The Kier molecular flexibility index (Phi) is 24.8. The SMILES string of the molecule is COCCCC(=O)O[C@@H]1CC[C@@H](C[C@@H](C)[C@@H]2CC[C@H](C)/C=C(\C)[C@@H](O)[C@@H](OC)C(=O)[C@H](C)C[C@H](C)/C=C/C=C/C=C(\C)[C@@H](OC)C[C@@H]3CC[C@@H](C)[C@@](O)(O3)C(=O)C(=O)N3CCCC[C@H]3C(=O)O2)C[C@H]1OC. The zero-order valence-electron chi connectivity index (χ0n) is 44.8. The number of ketones is 2. The minimum absolute atomic E-state index is 0.0552. The fourth-order valence-electron chi connectivity index (χ4n) is 11.0. The summed E-state index contributed by atoms with van der Waals surface area (Å²) in [6.45, 7) is 14.0. The van der Waals surface area contributed by atoms with Crippen LogP contribution in [0.4, 0.5) is 0 Å². The first-order valence-electron chi connectivity index (χ1n) is 26.4. The summed E-state index contributed by atoms with van der Waals surface area (Å²) in [6, 6.07) is -1.05. The lowest BCUT2D eigenvalue weighted by atomic mass is 9.78. The van der Waals surface area contributed by atoms with Gasteiger partial charge in [-0.25, -0.2) is 4.79 Å². The first-order chi connectivity index (χ1) is 33.8. The van der Waals surface area contributed by atoms with E-state index in [1.54, 1.807) is 35.2 Å². The van der Waals surface area contributed by atoms with Gasteiger partial charge in [0.05, 0.1) is 18.3 Å². The van der Waals surface area contributed by atoms with Gasteiger partial charge in [0.25, 0.3) is 11.7 Å². The average Bonchev–Trinajstić information content (AvgIpc) is 3.34. The number of piperidine rings is 1. The fraction of sp³-hybridized carbons (Fsp3) is 0.768. The van der Waals surface area contributed by atoms with E-state index in [-0.39, 0.29) is 66.5 Å². The second kappa shape index (κ2) is 29.4. The molecule has 15 heteroatoms. The van der Waals surface area contributed by atoms with Crippen LogP contribution in [0.15, 0.2) is 47.6 Å². The maximum absolute atomic E-state index is 14.5. The number of carbonyl (C=O) groups is 5. The van der Waals surface area contributed by atoms with E-state index in [0.717, 1.165) is 12.0 Å². The van der Waals surface area contributed by atoms with Gasteiger partial charge in [0.15, 0.2) is 5.78 Å². The van der Waals surface area contributed by atoms with Gasteiger partial charge in [0, 0.05) is 66.3 Å². The molecule has 4 aliphatic rings. The van der Waals surface area contributed by atoms with Crippen molar-refractivity contribution in [3.05, 3.63) is 47.6 Å². The number of carbonyl (C=O) groups excluding carboxylic acids is 5. The number of Topliss-reactive ketones (excluding diaryl/α,β-unsaturated/α-hetero) is 2. The summed E-state index contributed by atoms with van der Waals surface area (Å²) in [5.41, 5.74) is 1.49. The summed E-state index contributed by atoms with van der Waals surface area (Å²) in [5, 5.41) is 23.5. The third-order valence-corrected chi connectivity index (χ3v) is 15.5. The van der Waals surface area contributed by atoms with Crippen molar-refractivity contribution in [3.8, 4) is 0 Å². The largest absolute Gasteiger partial charge is 0.461 e. The number of cyclic esters (lactones) is 1. The Morgan fingerprint density at radius 2 is 1.58 bits per heavy atom. The highest BCUT2D eigenvalue weighted by Gasteiger charge is 2.53. The molecule has 0 unspecified atom stereocenters. The molecule has 2 saturated heterocycles. The average molecular weight is 1000 g/mol. The van der Waals surface area contributed by atoms with E-state index in [2.05, 4.69) is 6.92 Å². The fourth-order valence-corrected chi connectivity index (χ4v) is 11.0. The molecule has 1 saturated carbocycles.